The lowest BCUT2D eigenvalue weighted by Crippen LogP contribution is -2.42. The highest BCUT2D eigenvalue weighted by Crippen LogP contribution is 2.48. The summed E-state index contributed by atoms with van der Waals surface area (Å²) in [5.74, 6) is 1.49. The van der Waals surface area contributed by atoms with Crippen molar-refractivity contribution in [3.63, 3.8) is 0 Å². The molecule has 2 aliphatic rings. The molecule has 0 heterocycles. The van der Waals surface area contributed by atoms with E-state index in [0.717, 1.165) is 12.8 Å². The van der Waals surface area contributed by atoms with Gasteiger partial charge < -0.3 is 15.8 Å². The molecule has 1 amide bonds. The summed E-state index contributed by atoms with van der Waals surface area (Å²) in [6, 6.07) is 5.24. The molecule has 3 N–H and O–H groups in total. The Morgan fingerprint density at radius 1 is 1.38 bits per heavy atom. The Morgan fingerprint density at radius 3 is 2.71 bits per heavy atom. The van der Waals surface area contributed by atoms with Gasteiger partial charge in [0, 0.05) is 17.8 Å². The van der Waals surface area contributed by atoms with Gasteiger partial charge in [0.2, 0.25) is 5.91 Å². The van der Waals surface area contributed by atoms with Crippen LogP contribution in [-0.4, -0.2) is 19.1 Å². The van der Waals surface area contributed by atoms with Crippen molar-refractivity contribution in [1.82, 2.24) is 0 Å². The van der Waals surface area contributed by atoms with E-state index in [9.17, 15) is 4.79 Å². The first-order chi connectivity index (χ1) is 9.60. The van der Waals surface area contributed by atoms with Crippen molar-refractivity contribution in [2.24, 2.45) is 23.5 Å². The van der Waals surface area contributed by atoms with Crippen molar-refractivity contribution in [1.29, 1.82) is 0 Å². The van der Waals surface area contributed by atoms with E-state index in [-0.39, 0.29) is 30.3 Å². The summed E-state index contributed by atoms with van der Waals surface area (Å²) in [5.41, 5.74) is 6.89. The number of amides is 1. The monoisotopic (exact) mass is 330 g/mol. The molecular weight excluding hydrogens is 311 g/mol. The van der Waals surface area contributed by atoms with E-state index >= 15 is 0 Å². The molecular formula is C15H20Cl2N2O2. The van der Waals surface area contributed by atoms with Gasteiger partial charge >= 0.3 is 0 Å². The number of hydrogen-bond donors (Lipinski definition) is 2. The minimum absolute atomic E-state index is 0. The molecule has 3 rings (SSSR count). The molecule has 1 aromatic rings. The molecule has 2 bridgehead atoms. The second-order valence-electron chi connectivity index (χ2n) is 5.77. The topological polar surface area (TPSA) is 64.3 Å². The summed E-state index contributed by atoms with van der Waals surface area (Å²) in [6.07, 6.45) is 3.40. The van der Waals surface area contributed by atoms with Crippen LogP contribution in [0.4, 0.5) is 5.69 Å². The zero-order valence-electron chi connectivity index (χ0n) is 11.8. The zero-order valence-corrected chi connectivity index (χ0v) is 13.4. The van der Waals surface area contributed by atoms with Gasteiger partial charge in [0.1, 0.15) is 5.75 Å². The van der Waals surface area contributed by atoms with Crippen LogP contribution in [0.3, 0.4) is 0 Å². The van der Waals surface area contributed by atoms with Gasteiger partial charge in [-0.3, -0.25) is 4.79 Å². The second kappa shape index (κ2) is 6.42. The van der Waals surface area contributed by atoms with Crippen LogP contribution in [0.2, 0.25) is 5.02 Å². The summed E-state index contributed by atoms with van der Waals surface area (Å²) in [7, 11) is 1.55. The van der Waals surface area contributed by atoms with Crippen LogP contribution in [0, 0.1) is 17.8 Å². The first-order valence-electron chi connectivity index (χ1n) is 7.00. The van der Waals surface area contributed by atoms with Gasteiger partial charge in [-0.15, -0.1) is 12.4 Å². The zero-order chi connectivity index (χ0) is 14.3. The molecule has 0 radical (unpaired) electrons. The molecule has 0 saturated heterocycles. The molecule has 4 atom stereocenters. The predicted molar refractivity (Wildman–Crippen MR) is 86.2 cm³/mol. The number of methoxy groups -OCH3 is 1. The van der Waals surface area contributed by atoms with E-state index in [4.69, 9.17) is 22.1 Å². The number of hydrogen-bond acceptors (Lipinski definition) is 3. The van der Waals surface area contributed by atoms with Crippen LogP contribution in [0.15, 0.2) is 18.2 Å². The summed E-state index contributed by atoms with van der Waals surface area (Å²) < 4.78 is 5.16. The Balaban J connectivity index is 0.00000161. The third kappa shape index (κ3) is 2.98. The number of carbonyl (C=O) groups excluding carboxylic acids is 1. The Hall–Kier alpha value is -0.970. The molecule has 1 aromatic carbocycles. The third-order valence-electron chi connectivity index (χ3n) is 4.70. The second-order valence-corrected chi connectivity index (χ2v) is 6.18. The number of nitrogens with two attached hydrogens (primary N) is 1. The molecule has 6 heteroatoms. The fourth-order valence-electron chi connectivity index (χ4n) is 3.69. The molecule has 4 nitrogen and oxygen atoms in total. The van der Waals surface area contributed by atoms with Gasteiger partial charge in [-0.05, 0) is 43.2 Å². The maximum absolute atomic E-state index is 12.4. The van der Waals surface area contributed by atoms with Crippen molar-refractivity contribution in [2.45, 2.75) is 25.3 Å². The lowest BCUT2D eigenvalue weighted by atomic mass is 9.84. The highest BCUT2D eigenvalue weighted by atomic mass is 35.5. The van der Waals surface area contributed by atoms with Crippen LogP contribution >= 0.6 is 24.0 Å². The molecule has 0 aromatic heterocycles. The van der Waals surface area contributed by atoms with Crippen LogP contribution in [0.5, 0.6) is 5.75 Å². The van der Waals surface area contributed by atoms with E-state index in [0.29, 0.717) is 28.3 Å². The highest BCUT2D eigenvalue weighted by molar-refractivity contribution is 6.32. The summed E-state index contributed by atoms with van der Waals surface area (Å²) in [6.45, 7) is 0. The first-order valence-corrected chi connectivity index (χ1v) is 7.38. The fourth-order valence-corrected chi connectivity index (χ4v) is 3.88. The lowest BCUT2D eigenvalue weighted by Gasteiger charge is -2.27. The molecule has 2 saturated carbocycles. The maximum atomic E-state index is 12.4. The van der Waals surface area contributed by atoms with Gasteiger partial charge in [-0.25, -0.2) is 0 Å². The number of benzene rings is 1. The number of carbonyl (C=O) groups is 1. The van der Waals surface area contributed by atoms with E-state index < -0.39 is 0 Å². The van der Waals surface area contributed by atoms with Crippen LogP contribution in [0.25, 0.3) is 0 Å². The molecule has 2 fully saturated rings. The van der Waals surface area contributed by atoms with Gasteiger partial charge in [-0.2, -0.15) is 0 Å². The van der Waals surface area contributed by atoms with Gasteiger partial charge in [-0.1, -0.05) is 11.6 Å². The number of rotatable bonds is 3. The first kappa shape index (κ1) is 16.4. The SMILES string of the molecule is COc1cc(NC(=O)C2C3CCC(C3)C2N)ccc1Cl.Cl. The average Bonchev–Trinajstić information content (AvgIpc) is 3.01. The van der Waals surface area contributed by atoms with Crippen molar-refractivity contribution in [2.75, 3.05) is 12.4 Å². The number of halogens is 2. The molecule has 116 valence electrons. The van der Waals surface area contributed by atoms with E-state index in [1.54, 1.807) is 25.3 Å². The number of fused-ring (bicyclic) bond motifs is 2. The Morgan fingerprint density at radius 2 is 2.10 bits per heavy atom. The van der Waals surface area contributed by atoms with E-state index in [1.807, 2.05) is 0 Å². The standard InChI is InChI=1S/C15H19ClN2O2.ClH/c1-20-12-7-10(4-5-11(12)16)18-15(19)13-8-2-3-9(6-8)14(13)17;/h4-5,7-9,13-14H,2-3,6,17H2,1H3,(H,18,19);1H. The van der Waals surface area contributed by atoms with E-state index in [1.165, 1.54) is 6.42 Å². The average molecular weight is 331 g/mol. The normalized spacial score (nSPS) is 29.9. The van der Waals surface area contributed by atoms with Gasteiger partial charge in [0.25, 0.3) is 0 Å². The predicted octanol–water partition coefficient (Wildman–Crippen LogP) is 3.08. The maximum Gasteiger partial charge on any atom is 0.229 e. The Labute approximate surface area is 135 Å². The smallest absolute Gasteiger partial charge is 0.229 e. The quantitative estimate of drug-likeness (QED) is 0.895. The van der Waals surface area contributed by atoms with Gasteiger partial charge in [0.15, 0.2) is 0 Å². The third-order valence-corrected chi connectivity index (χ3v) is 5.01. The number of ether oxygens (including phenoxy) is 1. The molecule has 21 heavy (non-hydrogen) atoms. The highest BCUT2D eigenvalue weighted by Gasteiger charge is 2.49. The van der Waals surface area contributed by atoms with Crippen molar-refractivity contribution >= 4 is 35.6 Å². The minimum atomic E-state index is -0.0598. The lowest BCUT2D eigenvalue weighted by molar-refractivity contribution is -0.121. The Kier molecular flexibility index (Phi) is 5.02. The summed E-state index contributed by atoms with van der Waals surface area (Å²) in [5, 5.41) is 3.47. The minimum Gasteiger partial charge on any atom is -0.495 e. The van der Waals surface area contributed by atoms with Crippen LogP contribution in [0.1, 0.15) is 19.3 Å². The molecule has 4 unspecified atom stereocenters. The van der Waals surface area contributed by atoms with Crippen LogP contribution < -0.4 is 15.8 Å². The summed E-state index contributed by atoms with van der Waals surface area (Å²) >= 11 is 5.98. The summed E-state index contributed by atoms with van der Waals surface area (Å²) in [4.78, 5) is 12.4. The molecule has 2 aliphatic carbocycles. The molecule has 0 spiro atoms. The van der Waals surface area contributed by atoms with Gasteiger partial charge in [0.05, 0.1) is 18.1 Å². The Bertz CT molecular complexity index is 536. The van der Waals surface area contributed by atoms with Crippen molar-refractivity contribution in [3.8, 4) is 5.75 Å². The molecule has 0 aliphatic heterocycles. The largest absolute Gasteiger partial charge is 0.495 e. The number of nitrogens with one attached hydrogen (secondary N) is 1. The fraction of sp³-hybridized carbons (Fsp3) is 0.533. The van der Waals surface area contributed by atoms with Crippen LogP contribution in [-0.2, 0) is 4.79 Å². The number of anilines is 1. The van der Waals surface area contributed by atoms with E-state index in [2.05, 4.69) is 5.32 Å². The van der Waals surface area contributed by atoms with Crippen molar-refractivity contribution < 1.29 is 9.53 Å². The van der Waals surface area contributed by atoms with Crippen molar-refractivity contribution in [3.05, 3.63) is 23.2 Å².